The Kier molecular flexibility index (Phi) is 4.18. The van der Waals surface area contributed by atoms with E-state index >= 15 is 0 Å². The molecule has 4 rings (SSSR count). The Labute approximate surface area is 148 Å². The van der Waals surface area contributed by atoms with Crippen LogP contribution in [0, 0.1) is 31.6 Å². The zero-order valence-corrected chi connectivity index (χ0v) is 15.3. The van der Waals surface area contributed by atoms with Gasteiger partial charge in [-0.1, -0.05) is 6.42 Å². The van der Waals surface area contributed by atoms with E-state index in [0.717, 1.165) is 29.0 Å². The Morgan fingerprint density at radius 1 is 1.36 bits per heavy atom. The van der Waals surface area contributed by atoms with Crippen LogP contribution in [0.4, 0.5) is 0 Å². The minimum absolute atomic E-state index is 0.102. The summed E-state index contributed by atoms with van der Waals surface area (Å²) < 4.78 is 7.66. The van der Waals surface area contributed by atoms with Crippen molar-refractivity contribution in [3.63, 3.8) is 0 Å². The number of furan rings is 1. The van der Waals surface area contributed by atoms with Crippen molar-refractivity contribution >= 4 is 5.91 Å². The molecule has 2 aliphatic rings. The van der Waals surface area contributed by atoms with Crippen LogP contribution in [0.3, 0.4) is 0 Å². The van der Waals surface area contributed by atoms with Crippen LogP contribution in [-0.2, 0) is 6.54 Å². The normalized spacial score (nSPS) is 26.1. The lowest BCUT2D eigenvalue weighted by Gasteiger charge is -2.28. The lowest BCUT2D eigenvalue weighted by atomic mass is 9.84. The second-order valence-corrected chi connectivity index (χ2v) is 7.95. The molecule has 4 unspecified atom stereocenters. The molecule has 4 atom stereocenters. The lowest BCUT2D eigenvalue weighted by Crippen LogP contribution is -2.40. The average Bonchev–Trinajstić information content (AvgIpc) is 3.33. The van der Waals surface area contributed by atoms with Crippen LogP contribution in [0.15, 0.2) is 22.6 Å². The number of amides is 1. The fraction of sp³-hybridized carbons (Fsp3) is 0.600. The summed E-state index contributed by atoms with van der Waals surface area (Å²) >= 11 is 0. The first-order chi connectivity index (χ1) is 12.0. The van der Waals surface area contributed by atoms with Crippen molar-refractivity contribution in [1.29, 1.82) is 0 Å². The first-order valence-electron chi connectivity index (χ1n) is 9.40. The van der Waals surface area contributed by atoms with Crippen LogP contribution < -0.4 is 5.32 Å². The molecule has 5 heteroatoms. The van der Waals surface area contributed by atoms with E-state index in [1.807, 2.05) is 30.7 Å². The van der Waals surface area contributed by atoms with Gasteiger partial charge in [-0.2, -0.15) is 5.10 Å². The molecular weight excluding hydrogens is 314 g/mol. The molecule has 0 aliphatic heterocycles. The van der Waals surface area contributed by atoms with Crippen molar-refractivity contribution in [3.05, 3.63) is 41.1 Å². The maximum Gasteiger partial charge on any atom is 0.287 e. The van der Waals surface area contributed by atoms with Gasteiger partial charge in [0.15, 0.2) is 5.76 Å². The van der Waals surface area contributed by atoms with Crippen LogP contribution in [-0.4, -0.2) is 21.7 Å². The molecule has 134 valence electrons. The maximum absolute atomic E-state index is 12.5. The van der Waals surface area contributed by atoms with E-state index in [9.17, 15) is 4.79 Å². The minimum atomic E-state index is -0.102. The van der Waals surface area contributed by atoms with Crippen molar-refractivity contribution < 1.29 is 9.21 Å². The first kappa shape index (κ1) is 16.4. The number of nitrogens with zero attached hydrogens (tertiary/aromatic N) is 2. The number of hydrogen-bond donors (Lipinski definition) is 1. The average molecular weight is 341 g/mol. The van der Waals surface area contributed by atoms with E-state index in [2.05, 4.69) is 17.3 Å². The smallest absolute Gasteiger partial charge is 0.287 e. The van der Waals surface area contributed by atoms with Gasteiger partial charge in [0.2, 0.25) is 0 Å². The number of rotatable bonds is 5. The SMILES string of the molecule is Cc1cc(C)n(Cc2ccc(C(=O)NC(C)C3CC4CCC3C4)o2)n1. The summed E-state index contributed by atoms with van der Waals surface area (Å²) in [5.41, 5.74) is 2.08. The molecule has 25 heavy (non-hydrogen) atoms. The fourth-order valence-electron chi connectivity index (χ4n) is 4.86. The van der Waals surface area contributed by atoms with Crippen LogP contribution in [0.5, 0.6) is 0 Å². The number of fused-ring (bicyclic) bond motifs is 2. The van der Waals surface area contributed by atoms with Gasteiger partial charge in [-0.25, -0.2) is 0 Å². The Bertz CT molecular complexity index is 776. The number of aryl methyl sites for hydroxylation is 2. The molecule has 2 fully saturated rings. The van der Waals surface area contributed by atoms with Crippen molar-refractivity contribution in [2.75, 3.05) is 0 Å². The van der Waals surface area contributed by atoms with Crippen molar-refractivity contribution in [2.24, 2.45) is 17.8 Å². The maximum atomic E-state index is 12.5. The summed E-state index contributed by atoms with van der Waals surface area (Å²) in [5.74, 6) is 3.38. The third-order valence-electron chi connectivity index (χ3n) is 6.09. The minimum Gasteiger partial charge on any atom is -0.454 e. The Morgan fingerprint density at radius 2 is 2.20 bits per heavy atom. The lowest BCUT2D eigenvalue weighted by molar-refractivity contribution is 0.0885. The molecule has 2 aromatic heterocycles. The molecule has 0 spiro atoms. The molecule has 2 aliphatic carbocycles. The van der Waals surface area contributed by atoms with Gasteiger partial charge in [0.05, 0.1) is 12.2 Å². The van der Waals surface area contributed by atoms with Crippen molar-refractivity contribution in [2.45, 2.75) is 59.0 Å². The second kappa shape index (κ2) is 6.36. The van der Waals surface area contributed by atoms with E-state index in [1.54, 1.807) is 6.07 Å². The molecule has 1 amide bonds. The summed E-state index contributed by atoms with van der Waals surface area (Å²) in [6.07, 6.45) is 5.35. The predicted molar refractivity (Wildman–Crippen MR) is 95.4 cm³/mol. The summed E-state index contributed by atoms with van der Waals surface area (Å²) in [7, 11) is 0. The summed E-state index contributed by atoms with van der Waals surface area (Å²) in [6, 6.07) is 5.89. The van der Waals surface area contributed by atoms with E-state index < -0.39 is 0 Å². The molecule has 2 bridgehead atoms. The molecular formula is C20H27N3O2. The Hall–Kier alpha value is -2.04. The quantitative estimate of drug-likeness (QED) is 0.902. The number of nitrogens with one attached hydrogen (secondary N) is 1. The monoisotopic (exact) mass is 341 g/mol. The first-order valence-corrected chi connectivity index (χ1v) is 9.40. The molecule has 0 aromatic carbocycles. The van der Waals surface area contributed by atoms with E-state index in [1.165, 1.54) is 25.7 Å². The third-order valence-corrected chi connectivity index (χ3v) is 6.09. The zero-order valence-electron chi connectivity index (χ0n) is 15.3. The summed E-state index contributed by atoms with van der Waals surface area (Å²) in [4.78, 5) is 12.5. The van der Waals surface area contributed by atoms with Gasteiger partial charge >= 0.3 is 0 Å². The van der Waals surface area contributed by atoms with Crippen molar-refractivity contribution in [1.82, 2.24) is 15.1 Å². The van der Waals surface area contributed by atoms with E-state index in [0.29, 0.717) is 18.2 Å². The molecule has 2 heterocycles. The molecule has 0 saturated heterocycles. The highest BCUT2D eigenvalue weighted by atomic mass is 16.4. The topological polar surface area (TPSA) is 60.1 Å². The van der Waals surface area contributed by atoms with Crippen molar-refractivity contribution in [3.8, 4) is 0 Å². The standard InChI is InChI=1S/C20H27N3O2/c1-12-8-13(2)23(22-12)11-17-6-7-19(25-17)20(24)21-14(3)18-10-15-4-5-16(18)9-15/h6-8,14-16,18H,4-5,9-11H2,1-3H3,(H,21,24). The largest absolute Gasteiger partial charge is 0.454 e. The highest BCUT2D eigenvalue weighted by Crippen LogP contribution is 2.49. The van der Waals surface area contributed by atoms with E-state index in [-0.39, 0.29) is 11.9 Å². The van der Waals surface area contributed by atoms with Crippen LogP contribution in [0.1, 0.15) is 60.3 Å². The zero-order chi connectivity index (χ0) is 17.6. The van der Waals surface area contributed by atoms with Crippen LogP contribution in [0.25, 0.3) is 0 Å². The van der Waals surface area contributed by atoms with E-state index in [4.69, 9.17) is 4.42 Å². The number of carbonyl (C=O) groups is 1. The summed E-state index contributed by atoms with van der Waals surface area (Å²) in [6.45, 7) is 6.69. The predicted octanol–water partition coefficient (Wildman–Crippen LogP) is 3.70. The third kappa shape index (κ3) is 3.24. The molecule has 1 N–H and O–H groups in total. The number of carbonyl (C=O) groups excluding carboxylic acids is 1. The fourth-order valence-corrected chi connectivity index (χ4v) is 4.86. The number of hydrogen-bond acceptors (Lipinski definition) is 3. The Balaban J connectivity index is 1.38. The molecule has 5 nitrogen and oxygen atoms in total. The van der Waals surface area contributed by atoms with Gasteiger partial charge in [0, 0.05) is 11.7 Å². The molecule has 2 saturated carbocycles. The van der Waals surface area contributed by atoms with Gasteiger partial charge in [0.1, 0.15) is 5.76 Å². The van der Waals surface area contributed by atoms with Gasteiger partial charge in [-0.3, -0.25) is 9.48 Å². The van der Waals surface area contributed by atoms with Crippen LogP contribution in [0.2, 0.25) is 0 Å². The second-order valence-electron chi connectivity index (χ2n) is 7.95. The number of aromatic nitrogens is 2. The van der Waals surface area contributed by atoms with Gasteiger partial charge < -0.3 is 9.73 Å². The van der Waals surface area contributed by atoms with Crippen LogP contribution >= 0.6 is 0 Å². The van der Waals surface area contributed by atoms with Gasteiger partial charge in [-0.15, -0.1) is 0 Å². The van der Waals surface area contributed by atoms with Gasteiger partial charge in [-0.05, 0) is 76.0 Å². The van der Waals surface area contributed by atoms with Gasteiger partial charge in [0.25, 0.3) is 5.91 Å². The highest BCUT2D eigenvalue weighted by molar-refractivity contribution is 5.91. The Morgan fingerprint density at radius 3 is 2.84 bits per heavy atom. The molecule has 2 aromatic rings. The highest BCUT2D eigenvalue weighted by Gasteiger charge is 2.42. The summed E-state index contributed by atoms with van der Waals surface area (Å²) in [5, 5.41) is 7.60. The molecule has 0 radical (unpaired) electrons.